The quantitative estimate of drug-likeness (QED) is 0.456. The van der Waals surface area contributed by atoms with Gasteiger partial charge in [-0.3, -0.25) is 0 Å². The fraction of sp³-hybridized carbons (Fsp3) is 0.615. The average Bonchev–Trinajstić information content (AvgIpc) is 2.69. The van der Waals surface area contributed by atoms with E-state index < -0.39 is 0 Å². The summed E-state index contributed by atoms with van der Waals surface area (Å²) in [6.45, 7) is 4.32. The van der Waals surface area contributed by atoms with Crippen molar-refractivity contribution in [2.75, 3.05) is 0 Å². The Labute approximate surface area is 161 Å². The van der Waals surface area contributed by atoms with Crippen molar-refractivity contribution in [1.82, 2.24) is 0 Å². The third-order valence-electron chi connectivity index (χ3n) is 6.84. The molecule has 3 rings (SSSR count). The van der Waals surface area contributed by atoms with Crippen LogP contribution in [0.25, 0.3) is 0 Å². The van der Waals surface area contributed by atoms with Crippen LogP contribution in [0.3, 0.4) is 0 Å². The first-order chi connectivity index (χ1) is 12.7. The summed E-state index contributed by atoms with van der Waals surface area (Å²) in [4.78, 5) is 0. The number of allylic oxidation sites excluding steroid dienone is 4. The van der Waals surface area contributed by atoms with Gasteiger partial charge in [-0.25, -0.2) is 0 Å². The molecule has 142 valence electrons. The van der Waals surface area contributed by atoms with Gasteiger partial charge in [0.25, 0.3) is 0 Å². The fourth-order valence-electron chi connectivity index (χ4n) is 4.97. The smallest absolute Gasteiger partial charge is 0.0162 e. The minimum Gasteiger partial charge on any atom is -0.0917 e. The van der Waals surface area contributed by atoms with Gasteiger partial charge in [0.1, 0.15) is 0 Å². The van der Waals surface area contributed by atoms with Crippen molar-refractivity contribution in [3.8, 4) is 0 Å². The normalized spacial score (nSPS) is 30.2. The molecular formula is C26H38. The summed E-state index contributed by atoms with van der Waals surface area (Å²) >= 11 is 0. The molecule has 2 saturated carbocycles. The molecule has 0 aromatic heterocycles. The Kier molecular flexibility index (Phi) is 7.59. The fourth-order valence-corrected chi connectivity index (χ4v) is 4.97. The SMILES string of the molecule is C/C=C/CCC1CCC(C=CC2CCC(c3ccc(C)cc3)CC2)CC1. The molecule has 1 aromatic carbocycles. The van der Waals surface area contributed by atoms with Crippen molar-refractivity contribution in [1.29, 1.82) is 0 Å². The highest BCUT2D eigenvalue weighted by molar-refractivity contribution is 5.25. The van der Waals surface area contributed by atoms with Crippen LogP contribution in [0.2, 0.25) is 0 Å². The summed E-state index contributed by atoms with van der Waals surface area (Å²) in [5.41, 5.74) is 2.94. The summed E-state index contributed by atoms with van der Waals surface area (Å²) in [6.07, 6.45) is 23.7. The summed E-state index contributed by atoms with van der Waals surface area (Å²) in [7, 11) is 0. The highest BCUT2D eigenvalue weighted by Crippen LogP contribution is 2.37. The van der Waals surface area contributed by atoms with Crippen LogP contribution in [0.1, 0.15) is 88.2 Å². The van der Waals surface area contributed by atoms with E-state index in [4.69, 9.17) is 0 Å². The zero-order chi connectivity index (χ0) is 18.2. The molecule has 0 heteroatoms. The zero-order valence-electron chi connectivity index (χ0n) is 17.0. The number of hydrogen-bond acceptors (Lipinski definition) is 0. The van der Waals surface area contributed by atoms with E-state index in [9.17, 15) is 0 Å². The molecule has 0 N–H and O–H groups in total. The van der Waals surface area contributed by atoms with Gasteiger partial charge in [-0.05, 0) is 107 Å². The van der Waals surface area contributed by atoms with Crippen LogP contribution in [-0.4, -0.2) is 0 Å². The second-order valence-electron chi connectivity index (χ2n) is 8.83. The lowest BCUT2D eigenvalue weighted by Gasteiger charge is -2.29. The van der Waals surface area contributed by atoms with Gasteiger partial charge in [0.2, 0.25) is 0 Å². The lowest BCUT2D eigenvalue weighted by molar-refractivity contribution is 0.295. The predicted molar refractivity (Wildman–Crippen MR) is 115 cm³/mol. The van der Waals surface area contributed by atoms with Crippen LogP contribution in [0, 0.1) is 24.7 Å². The van der Waals surface area contributed by atoms with Gasteiger partial charge in [-0.2, -0.15) is 0 Å². The average molecular weight is 351 g/mol. The van der Waals surface area contributed by atoms with Gasteiger partial charge in [0.15, 0.2) is 0 Å². The van der Waals surface area contributed by atoms with Crippen LogP contribution in [-0.2, 0) is 0 Å². The Morgan fingerprint density at radius 1 is 0.808 bits per heavy atom. The van der Waals surface area contributed by atoms with E-state index in [0.717, 1.165) is 23.7 Å². The van der Waals surface area contributed by atoms with Gasteiger partial charge < -0.3 is 0 Å². The molecule has 1 aromatic rings. The van der Waals surface area contributed by atoms with Crippen LogP contribution in [0.15, 0.2) is 48.6 Å². The molecule has 0 amide bonds. The molecule has 0 spiro atoms. The first kappa shape index (κ1) is 19.5. The molecule has 0 aliphatic heterocycles. The highest BCUT2D eigenvalue weighted by atomic mass is 14.3. The molecule has 0 atom stereocenters. The maximum atomic E-state index is 2.60. The Morgan fingerprint density at radius 2 is 1.38 bits per heavy atom. The molecule has 0 nitrogen and oxygen atoms in total. The Morgan fingerprint density at radius 3 is 1.96 bits per heavy atom. The highest BCUT2D eigenvalue weighted by Gasteiger charge is 2.22. The molecule has 2 fully saturated rings. The third-order valence-corrected chi connectivity index (χ3v) is 6.84. The van der Waals surface area contributed by atoms with Crippen molar-refractivity contribution < 1.29 is 0 Å². The largest absolute Gasteiger partial charge is 0.0917 e. The van der Waals surface area contributed by atoms with E-state index in [1.54, 1.807) is 5.56 Å². The number of aryl methyl sites for hydroxylation is 1. The predicted octanol–water partition coefficient (Wildman–Crippen LogP) is 7.99. The second-order valence-corrected chi connectivity index (χ2v) is 8.83. The van der Waals surface area contributed by atoms with Crippen LogP contribution >= 0.6 is 0 Å². The van der Waals surface area contributed by atoms with E-state index in [0.29, 0.717) is 0 Å². The summed E-state index contributed by atoms with van der Waals surface area (Å²) in [6, 6.07) is 9.25. The number of benzene rings is 1. The molecule has 0 heterocycles. The lowest BCUT2D eigenvalue weighted by atomic mass is 9.77. The number of hydrogen-bond donors (Lipinski definition) is 0. The lowest BCUT2D eigenvalue weighted by Crippen LogP contribution is -2.14. The van der Waals surface area contributed by atoms with E-state index in [2.05, 4.69) is 62.4 Å². The second kappa shape index (κ2) is 10.1. The standard InChI is InChI=1S/C26H38/c1-3-4-5-6-22-9-11-23(12-10-22)13-14-24-15-19-26(20-16-24)25-17-7-21(2)8-18-25/h3-4,7-8,13-14,17-18,22-24,26H,5-6,9-12,15-16,19-20H2,1-2H3/b4-3+,14-13?. The summed E-state index contributed by atoms with van der Waals surface area (Å²) < 4.78 is 0. The molecule has 0 unspecified atom stereocenters. The Hall–Kier alpha value is -1.30. The van der Waals surface area contributed by atoms with E-state index in [1.807, 2.05) is 0 Å². The summed E-state index contributed by atoms with van der Waals surface area (Å²) in [5, 5.41) is 0. The minimum absolute atomic E-state index is 0.799. The van der Waals surface area contributed by atoms with Gasteiger partial charge in [-0.1, -0.05) is 54.1 Å². The van der Waals surface area contributed by atoms with Crippen molar-refractivity contribution in [3.05, 3.63) is 59.7 Å². The molecule has 26 heavy (non-hydrogen) atoms. The van der Waals surface area contributed by atoms with Gasteiger partial charge in [0, 0.05) is 0 Å². The monoisotopic (exact) mass is 350 g/mol. The minimum atomic E-state index is 0.799. The molecule has 0 radical (unpaired) electrons. The molecule has 0 bridgehead atoms. The van der Waals surface area contributed by atoms with Crippen molar-refractivity contribution in [2.45, 2.75) is 84.0 Å². The van der Waals surface area contributed by atoms with E-state index in [-0.39, 0.29) is 0 Å². The van der Waals surface area contributed by atoms with E-state index in [1.165, 1.54) is 69.8 Å². The Balaban J connectivity index is 1.37. The first-order valence-electron chi connectivity index (χ1n) is 11.1. The summed E-state index contributed by atoms with van der Waals surface area (Å²) in [5.74, 6) is 3.49. The van der Waals surface area contributed by atoms with Gasteiger partial charge >= 0.3 is 0 Å². The molecular weight excluding hydrogens is 312 g/mol. The van der Waals surface area contributed by atoms with Crippen molar-refractivity contribution in [2.24, 2.45) is 17.8 Å². The van der Waals surface area contributed by atoms with Gasteiger partial charge in [0.05, 0.1) is 0 Å². The maximum absolute atomic E-state index is 2.60. The maximum Gasteiger partial charge on any atom is -0.0162 e. The van der Waals surface area contributed by atoms with E-state index >= 15 is 0 Å². The Bertz CT molecular complexity index is 561. The first-order valence-corrected chi connectivity index (χ1v) is 11.1. The van der Waals surface area contributed by atoms with Crippen LogP contribution < -0.4 is 0 Å². The molecule has 0 saturated heterocycles. The third kappa shape index (κ3) is 5.86. The van der Waals surface area contributed by atoms with Crippen LogP contribution in [0.5, 0.6) is 0 Å². The topological polar surface area (TPSA) is 0 Å². The van der Waals surface area contributed by atoms with Gasteiger partial charge in [-0.15, -0.1) is 0 Å². The van der Waals surface area contributed by atoms with Crippen LogP contribution in [0.4, 0.5) is 0 Å². The van der Waals surface area contributed by atoms with Crippen molar-refractivity contribution >= 4 is 0 Å². The molecule has 2 aliphatic rings. The number of rotatable bonds is 6. The van der Waals surface area contributed by atoms with Crippen molar-refractivity contribution in [3.63, 3.8) is 0 Å². The zero-order valence-corrected chi connectivity index (χ0v) is 17.0. The molecule has 2 aliphatic carbocycles.